The quantitative estimate of drug-likeness (QED) is 0.871. The minimum Gasteiger partial charge on any atom is -0.495 e. The highest BCUT2D eigenvalue weighted by molar-refractivity contribution is 5.98. The van der Waals surface area contributed by atoms with Crippen molar-refractivity contribution in [1.29, 1.82) is 0 Å². The van der Waals surface area contributed by atoms with Crippen molar-refractivity contribution in [2.75, 3.05) is 7.11 Å². The molecule has 1 heterocycles. The predicted molar refractivity (Wildman–Crippen MR) is 64.7 cm³/mol. The molecule has 1 aromatic carbocycles. The lowest BCUT2D eigenvalue weighted by Crippen LogP contribution is -2.12. The lowest BCUT2D eigenvalue weighted by Gasteiger charge is -2.10. The number of rotatable bonds is 3. The summed E-state index contributed by atoms with van der Waals surface area (Å²) in [6.07, 6.45) is 1.69. The molecule has 86 valence electrons. The first-order valence-electron chi connectivity index (χ1n) is 5.12. The zero-order chi connectivity index (χ0) is 12.3. The Morgan fingerprint density at radius 3 is 2.65 bits per heavy atom. The third-order valence-corrected chi connectivity index (χ3v) is 2.43. The smallest absolute Gasteiger partial charge is 0.252 e. The molecule has 0 fully saturated rings. The fraction of sp³-hybridized carbons (Fsp3) is 0.0769. The van der Waals surface area contributed by atoms with Crippen molar-refractivity contribution in [1.82, 2.24) is 4.98 Å². The van der Waals surface area contributed by atoms with Crippen molar-refractivity contribution in [3.05, 3.63) is 48.2 Å². The summed E-state index contributed by atoms with van der Waals surface area (Å²) in [6, 6.07) is 10.8. The van der Waals surface area contributed by atoms with Crippen molar-refractivity contribution >= 4 is 5.91 Å². The highest BCUT2D eigenvalue weighted by Crippen LogP contribution is 2.31. The van der Waals surface area contributed by atoms with E-state index in [0.29, 0.717) is 11.3 Å². The average Bonchev–Trinajstić information content (AvgIpc) is 2.38. The van der Waals surface area contributed by atoms with Crippen LogP contribution in [0.4, 0.5) is 0 Å². The molecule has 2 N–H and O–H groups in total. The Balaban J connectivity index is 2.63. The van der Waals surface area contributed by atoms with Gasteiger partial charge in [0.1, 0.15) is 5.75 Å². The maximum absolute atomic E-state index is 11.3. The number of amides is 1. The molecule has 0 radical (unpaired) electrons. The number of para-hydroxylation sites is 1. The van der Waals surface area contributed by atoms with Gasteiger partial charge in [0.15, 0.2) is 0 Å². The third-order valence-electron chi connectivity index (χ3n) is 2.43. The second kappa shape index (κ2) is 4.65. The summed E-state index contributed by atoms with van der Waals surface area (Å²) in [5.74, 6) is -0.0571. The zero-order valence-corrected chi connectivity index (χ0v) is 9.38. The van der Waals surface area contributed by atoms with Crippen LogP contribution in [0.15, 0.2) is 42.6 Å². The Morgan fingerprint density at radius 2 is 2.06 bits per heavy atom. The Bertz CT molecular complexity index is 538. The first kappa shape index (κ1) is 11.1. The van der Waals surface area contributed by atoms with Crippen molar-refractivity contribution in [2.45, 2.75) is 0 Å². The van der Waals surface area contributed by atoms with Crippen LogP contribution in [0.2, 0.25) is 0 Å². The molecule has 17 heavy (non-hydrogen) atoms. The third kappa shape index (κ3) is 2.10. The number of pyridine rings is 1. The summed E-state index contributed by atoms with van der Waals surface area (Å²) >= 11 is 0. The number of nitrogens with zero attached hydrogens (tertiary/aromatic N) is 1. The molecule has 0 saturated heterocycles. The molecular formula is C13H12N2O2. The Labute approximate surface area is 99.1 Å². The molecule has 0 bridgehead atoms. The van der Waals surface area contributed by atoms with Gasteiger partial charge in [-0.3, -0.25) is 9.78 Å². The van der Waals surface area contributed by atoms with Gasteiger partial charge in [-0.2, -0.15) is 0 Å². The second-order valence-electron chi connectivity index (χ2n) is 3.47. The van der Waals surface area contributed by atoms with Gasteiger partial charge < -0.3 is 10.5 Å². The number of nitrogens with two attached hydrogens (primary N) is 1. The van der Waals surface area contributed by atoms with Gasteiger partial charge in [-0.25, -0.2) is 0 Å². The van der Waals surface area contributed by atoms with Gasteiger partial charge in [0.2, 0.25) is 0 Å². The van der Waals surface area contributed by atoms with Gasteiger partial charge in [0, 0.05) is 11.8 Å². The van der Waals surface area contributed by atoms with E-state index in [1.54, 1.807) is 18.3 Å². The average molecular weight is 228 g/mol. The summed E-state index contributed by atoms with van der Waals surface area (Å²) in [5.41, 5.74) is 7.15. The van der Waals surface area contributed by atoms with Gasteiger partial charge >= 0.3 is 0 Å². The van der Waals surface area contributed by atoms with Crippen LogP contribution in [-0.4, -0.2) is 18.0 Å². The number of hydrogen-bond acceptors (Lipinski definition) is 3. The first-order valence-corrected chi connectivity index (χ1v) is 5.12. The van der Waals surface area contributed by atoms with Crippen molar-refractivity contribution < 1.29 is 9.53 Å². The lowest BCUT2D eigenvalue weighted by molar-refractivity contribution is 0.0997. The van der Waals surface area contributed by atoms with Gasteiger partial charge in [0.25, 0.3) is 5.91 Å². The molecule has 0 atom stereocenters. The van der Waals surface area contributed by atoms with Crippen LogP contribution in [0.25, 0.3) is 11.3 Å². The maximum Gasteiger partial charge on any atom is 0.252 e. The summed E-state index contributed by atoms with van der Waals surface area (Å²) in [4.78, 5) is 15.5. The van der Waals surface area contributed by atoms with E-state index in [-0.39, 0.29) is 0 Å². The number of ether oxygens (including phenoxy) is 1. The molecule has 2 aromatic rings. The molecule has 2 rings (SSSR count). The first-order chi connectivity index (χ1) is 8.24. The topological polar surface area (TPSA) is 65.2 Å². The van der Waals surface area contributed by atoms with Crippen molar-refractivity contribution in [3.8, 4) is 17.0 Å². The van der Waals surface area contributed by atoms with Gasteiger partial charge in [-0.15, -0.1) is 0 Å². The van der Waals surface area contributed by atoms with Crippen molar-refractivity contribution in [3.63, 3.8) is 0 Å². The van der Waals surface area contributed by atoms with Gasteiger partial charge in [0.05, 0.1) is 18.4 Å². The van der Waals surface area contributed by atoms with Crippen LogP contribution in [0.3, 0.4) is 0 Å². The molecule has 1 amide bonds. The minimum atomic E-state index is -0.514. The molecule has 1 aromatic heterocycles. The summed E-state index contributed by atoms with van der Waals surface area (Å²) in [7, 11) is 1.51. The number of carbonyl (C=O) groups excluding carboxylic acids is 1. The Kier molecular flexibility index (Phi) is 3.05. The highest BCUT2D eigenvalue weighted by Gasteiger charge is 2.14. The highest BCUT2D eigenvalue weighted by atomic mass is 16.5. The molecule has 4 nitrogen and oxygen atoms in total. The van der Waals surface area contributed by atoms with Crippen LogP contribution in [-0.2, 0) is 0 Å². The van der Waals surface area contributed by atoms with Crippen LogP contribution >= 0.6 is 0 Å². The number of benzene rings is 1. The SMILES string of the molecule is COc1c(C(N)=O)cccc1-c1ccccn1. The number of carbonyl (C=O) groups is 1. The molecule has 0 spiro atoms. The van der Waals surface area contributed by atoms with E-state index in [4.69, 9.17) is 10.5 Å². The second-order valence-corrected chi connectivity index (χ2v) is 3.47. The largest absolute Gasteiger partial charge is 0.495 e. The van der Waals surface area contributed by atoms with Gasteiger partial charge in [-0.1, -0.05) is 12.1 Å². The normalized spacial score (nSPS) is 9.94. The molecule has 0 aliphatic heterocycles. The van der Waals surface area contributed by atoms with E-state index in [9.17, 15) is 4.79 Å². The van der Waals surface area contributed by atoms with E-state index >= 15 is 0 Å². The fourth-order valence-electron chi connectivity index (χ4n) is 1.67. The van der Waals surface area contributed by atoms with Crippen molar-refractivity contribution in [2.24, 2.45) is 5.73 Å². The molecule has 0 saturated carbocycles. The fourth-order valence-corrected chi connectivity index (χ4v) is 1.67. The Morgan fingerprint density at radius 1 is 1.24 bits per heavy atom. The number of primary amides is 1. The number of aromatic nitrogens is 1. The molecule has 0 aliphatic carbocycles. The van der Waals surface area contributed by atoms with Crippen LogP contribution < -0.4 is 10.5 Å². The predicted octanol–water partition coefficient (Wildman–Crippen LogP) is 1.86. The Hall–Kier alpha value is -2.36. The monoisotopic (exact) mass is 228 g/mol. The van der Waals surface area contributed by atoms with Crippen LogP contribution in [0.5, 0.6) is 5.75 Å². The number of methoxy groups -OCH3 is 1. The number of hydrogen-bond donors (Lipinski definition) is 1. The standard InChI is InChI=1S/C13H12N2O2/c1-17-12-9(11-7-2-3-8-15-11)5-4-6-10(12)13(14)16/h2-8H,1H3,(H2,14,16). The summed E-state index contributed by atoms with van der Waals surface area (Å²) in [6.45, 7) is 0. The van der Waals surface area contributed by atoms with Crippen LogP contribution in [0, 0.1) is 0 Å². The van der Waals surface area contributed by atoms with E-state index in [0.717, 1.165) is 11.3 Å². The molecular weight excluding hydrogens is 216 g/mol. The van der Waals surface area contributed by atoms with E-state index in [2.05, 4.69) is 4.98 Å². The van der Waals surface area contributed by atoms with Gasteiger partial charge in [-0.05, 0) is 24.3 Å². The van der Waals surface area contributed by atoms with E-state index < -0.39 is 5.91 Å². The van der Waals surface area contributed by atoms with E-state index in [1.165, 1.54) is 7.11 Å². The molecule has 0 unspecified atom stereocenters. The summed E-state index contributed by atoms with van der Waals surface area (Å²) < 4.78 is 5.25. The minimum absolute atomic E-state index is 0.357. The maximum atomic E-state index is 11.3. The van der Waals surface area contributed by atoms with Crippen LogP contribution in [0.1, 0.15) is 10.4 Å². The molecule has 4 heteroatoms. The lowest BCUT2D eigenvalue weighted by atomic mass is 10.0. The zero-order valence-electron chi connectivity index (χ0n) is 9.38. The summed E-state index contributed by atoms with van der Waals surface area (Å²) in [5, 5.41) is 0. The molecule has 0 aliphatic rings. The van der Waals surface area contributed by atoms with E-state index in [1.807, 2.05) is 24.3 Å².